The van der Waals surface area contributed by atoms with Crippen molar-refractivity contribution in [2.75, 3.05) is 43.4 Å². The second-order valence-electron chi connectivity index (χ2n) is 7.90. The number of nitrogens with two attached hydrogens (primary N) is 1. The maximum atomic E-state index is 14.9. The average molecular weight is 436 g/mol. The fourth-order valence-corrected chi connectivity index (χ4v) is 4.20. The number of anilines is 2. The number of nitrogens with zero attached hydrogens (tertiary/aromatic N) is 3. The fourth-order valence-electron chi connectivity index (χ4n) is 4.20. The predicted octanol–water partition coefficient (Wildman–Crippen LogP) is 2.37. The normalized spacial score (nSPS) is 15.9. The van der Waals surface area contributed by atoms with Gasteiger partial charge >= 0.3 is 0 Å². The summed E-state index contributed by atoms with van der Waals surface area (Å²) in [5.74, 6) is -0.966. The number of piperazine rings is 1. The van der Waals surface area contributed by atoms with Gasteiger partial charge in [-0.2, -0.15) is 4.39 Å². The number of nitrogen functional groups attached to an aromatic ring is 1. The van der Waals surface area contributed by atoms with Gasteiger partial charge in [0.2, 0.25) is 5.95 Å². The highest BCUT2D eigenvalue weighted by atomic mass is 19.1. The van der Waals surface area contributed by atoms with E-state index in [-0.39, 0.29) is 28.4 Å². The quantitative estimate of drug-likeness (QED) is 0.546. The van der Waals surface area contributed by atoms with Crippen molar-refractivity contribution in [2.45, 2.75) is 6.42 Å². The first-order valence-corrected chi connectivity index (χ1v) is 10.5. The van der Waals surface area contributed by atoms with Crippen LogP contribution in [0.4, 0.5) is 20.4 Å². The number of rotatable bonds is 3. The second-order valence-corrected chi connectivity index (χ2v) is 7.90. The van der Waals surface area contributed by atoms with Crippen LogP contribution in [-0.2, 0) is 6.42 Å². The summed E-state index contributed by atoms with van der Waals surface area (Å²) in [7, 11) is 0. The summed E-state index contributed by atoms with van der Waals surface area (Å²) in [6.45, 7) is 3.95. The van der Waals surface area contributed by atoms with E-state index in [1.165, 1.54) is 12.1 Å². The number of fused-ring (bicyclic) bond motifs is 1. The minimum atomic E-state index is -0.749. The van der Waals surface area contributed by atoms with Crippen LogP contribution in [0.1, 0.15) is 15.9 Å². The standard InChI is InChI=1S/C23H22F2N6O/c24-19-11-16-13(3-4-28-23(16)32)9-17(19)18-10-15(21(25)30-22(18)26)14-1-2-20(29-12-14)31-7-5-27-6-8-31/h1-2,9-12,27H,3-8H2,(H2,26,30)(H,28,32). The first-order chi connectivity index (χ1) is 15.5. The minimum Gasteiger partial charge on any atom is -0.383 e. The van der Waals surface area contributed by atoms with Gasteiger partial charge < -0.3 is 21.3 Å². The number of hydrogen-bond donors (Lipinski definition) is 3. The van der Waals surface area contributed by atoms with Crippen LogP contribution in [0, 0.1) is 11.8 Å². The summed E-state index contributed by atoms with van der Waals surface area (Å²) in [6, 6.07) is 7.91. The van der Waals surface area contributed by atoms with Gasteiger partial charge in [0.15, 0.2) is 0 Å². The van der Waals surface area contributed by atoms with Crippen molar-refractivity contribution in [1.29, 1.82) is 0 Å². The first kappa shape index (κ1) is 20.3. The van der Waals surface area contributed by atoms with Crippen molar-refractivity contribution in [3.05, 3.63) is 59.4 Å². The molecule has 7 nitrogen and oxygen atoms in total. The van der Waals surface area contributed by atoms with Gasteiger partial charge in [-0.3, -0.25) is 4.79 Å². The summed E-state index contributed by atoms with van der Waals surface area (Å²) >= 11 is 0. The molecule has 3 aromatic rings. The monoisotopic (exact) mass is 436 g/mol. The maximum Gasteiger partial charge on any atom is 0.251 e. The molecule has 0 atom stereocenters. The molecule has 9 heteroatoms. The number of pyridine rings is 2. The summed E-state index contributed by atoms with van der Waals surface area (Å²) in [6.07, 6.45) is 2.16. The number of nitrogens with one attached hydrogen (secondary N) is 2. The van der Waals surface area contributed by atoms with Crippen molar-refractivity contribution in [2.24, 2.45) is 0 Å². The lowest BCUT2D eigenvalue weighted by Gasteiger charge is -2.28. The zero-order chi connectivity index (χ0) is 22.2. The molecule has 2 aromatic heterocycles. The molecular formula is C23H22F2N6O. The number of carbonyl (C=O) groups is 1. The third kappa shape index (κ3) is 3.64. The Morgan fingerprint density at radius 2 is 1.78 bits per heavy atom. The van der Waals surface area contributed by atoms with Crippen LogP contribution in [-0.4, -0.2) is 48.6 Å². The molecule has 1 saturated heterocycles. The first-order valence-electron chi connectivity index (χ1n) is 10.5. The van der Waals surface area contributed by atoms with Gasteiger partial charge in [0.05, 0.1) is 0 Å². The van der Waals surface area contributed by atoms with Crippen LogP contribution < -0.4 is 21.3 Å². The van der Waals surface area contributed by atoms with Crippen LogP contribution in [0.5, 0.6) is 0 Å². The van der Waals surface area contributed by atoms with Gasteiger partial charge in [-0.15, -0.1) is 0 Å². The highest BCUT2D eigenvalue weighted by Crippen LogP contribution is 2.35. The lowest BCUT2D eigenvalue weighted by atomic mass is 9.93. The summed E-state index contributed by atoms with van der Waals surface area (Å²) in [5, 5.41) is 5.99. The van der Waals surface area contributed by atoms with Gasteiger partial charge in [0.25, 0.3) is 5.91 Å². The molecule has 5 rings (SSSR count). The van der Waals surface area contributed by atoms with Crippen molar-refractivity contribution in [3.8, 4) is 22.3 Å². The molecule has 0 aliphatic carbocycles. The Hall–Kier alpha value is -3.59. The molecule has 2 aliphatic heterocycles. The molecule has 0 bridgehead atoms. The average Bonchev–Trinajstić information content (AvgIpc) is 2.81. The molecule has 0 saturated carbocycles. The number of halogens is 2. The molecule has 0 unspecified atom stereocenters. The number of amides is 1. The summed E-state index contributed by atoms with van der Waals surface area (Å²) in [5.41, 5.74) is 8.17. The smallest absolute Gasteiger partial charge is 0.251 e. The Morgan fingerprint density at radius 1 is 0.969 bits per heavy atom. The third-order valence-electron chi connectivity index (χ3n) is 5.91. The van der Waals surface area contributed by atoms with E-state index < -0.39 is 11.8 Å². The van der Waals surface area contributed by atoms with E-state index in [1.54, 1.807) is 18.3 Å². The van der Waals surface area contributed by atoms with E-state index in [2.05, 4.69) is 25.5 Å². The van der Waals surface area contributed by atoms with Crippen molar-refractivity contribution < 1.29 is 13.6 Å². The maximum absolute atomic E-state index is 14.9. The van der Waals surface area contributed by atoms with E-state index in [4.69, 9.17) is 5.73 Å². The molecular weight excluding hydrogens is 414 g/mol. The van der Waals surface area contributed by atoms with Crippen LogP contribution in [0.3, 0.4) is 0 Å². The van der Waals surface area contributed by atoms with Gasteiger partial charge in [-0.1, -0.05) is 0 Å². The molecule has 2 aliphatic rings. The van der Waals surface area contributed by atoms with Gasteiger partial charge in [-0.25, -0.2) is 14.4 Å². The fraction of sp³-hybridized carbons (Fsp3) is 0.261. The van der Waals surface area contributed by atoms with Gasteiger partial charge in [0, 0.05) is 66.7 Å². The van der Waals surface area contributed by atoms with E-state index in [9.17, 15) is 13.6 Å². The number of aromatic nitrogens is 2. The van der Waals surface area contributed by atoms with E-state index in [0.29, 0.717) is 24.1 Å². The zero-order valence-electron chi connectivity index (χ0n) is 17.3. The number of benzene rings is 1. The van der Waals surface area contributed by atoms with Gasteiger partial charge in [0.1, 0.15) is 17.5 Å². The van der Waals surface area contributed by atoms with Crippen molar-refractivity contribution >= 4 is 17.5 Å². The lowest BCUT2D eigenvalue weighted by Crippen LogP contribution is -2.43. The largest absolute Gasteiger partial charge is 0.383 e. The highest BCUT2D eigenvalue weighted by Gasteiger charge is 2.22. The predicted molar refractivity (Wildman–Crippen MR) is 118 cm³/mol. The van der Waals surface area contributed by atoms with Crippen LogP contribution >= 0.6 is 0 Å². The van der Waals surface area contributed by atoms with Crippen LogP contribution in [0.2, 0.25) is 0 Å². The summed E-state index contributed by atoms with van der Waals surface area (Å²) < 4.78 is 29.7. The Bertz CT molecular complexity index is 1190. The van der Waals surface area contributed by atoms with Crippen molar-refractivity contribution in [3.63, 3.8) is 0 Å². The topological polar surface area (TPSA) is 96.2 Å². The molecule has 1 amide bonds. The Morgan fingerprint density at radius 3 is 2.53 bits per heavy atom. The minimum absolute atomic E-state index is 0.115. The van der Waals surface area contributed by atoms with Crippen LogP contribution in [0.25, 0.3) is 22.3 Å². The van der Waals surface area contributed by atoms with E-state index in [1.807, 2.05) is 6.07 Å². The SMILES string of the molecule is Nc1nc(F)c(-c2ccc(N3CCNCC3)nc2)cc1-c1cc2c(cc1F)C(=O)NCC2. The van der Waals surface area contributed by atoms with E-state index in [0.717, 1.165) is 37.6 Å². The zero-order valence-corrected chi connectivity index (χ0v) is 17.3. The Balaban J connectivity index is 1.53. The molecule has 4 heterocycles. The summed E-state index contributed by atoms with van der Waals surface area (Å²) in [4.78, 5) is 22.5. The molecule has 32 heavy (non-hydrogen) atoms. The Kier molecular flexibility index (Phi) is 5.18. The molecule has 0 radical (unpaired) electrons. The molecule has 164 valence electrons. The molecule has 1 aromatic carbocycles. The lowest BCUT2D eigenvalue weighted by molar-refractivity contribution is 0.0945. The molecule has 4 N–H and O–H groups in total. The number of carbonyl (C=O) groups excluding carboxylic acids is 1. The molecule has 0 spiro atoms. The second kappa shape index (κ2) is 8.16. The van der Waals surface area contributed by atoms with Gasteiger partial charge in [-0.05, 0) is 42.3 Å². The number of hydrogen-bond acceptors (Lipinski definition) is 6. The van der Waals surface area contributed by atoms with Crippen LogP contribution in [0.15, 0.2) is 36.5 Å². The van der Waals surface area contributed by atoms with Crippen molar-refractivity contribution in [1.82, 2.24) is 20.6 Å². The molecule has 1 fully saturated rings. The third-order valence-corrected chi connectivity index (χ3v) is 5.91. The highest BCUT2D eigenvalue weighted by molar-refractivity contribution is 5.97. The van der Waals surface area contributed by atoms with E-state index >= 15 is 0 Å². The Labute approximate surface area is 183 Å².